The normalized spacial score (nSPS) is 11.9. The summed E-state index contributed by atoms with van der Waals surface area (Å²) in [6, 6.07) is -1.03. The van der Waals surface area contributed by atoms with Crippen LogP contribution in [0.15, 0.2) is 24.7 Å². The Morgan fingerprint density at radius 2 is 1.58 bits per heavy atom. The van der Waals surface area contributed by atoms with Crippen LogP contribution in [0.25, 0.3) is 0 Å². The van der Waals surface area contributed by atoms with Crippen molar-refractivity contribution in [2.75, 3.05) is 0 Å². The molecule has 1 aromatic rings. The van der Waals surface area contributed by atoms with Crippen LogP contribution >= 0.6 is 0 Å². The molecule has 0 aliphatic heterocycles. The number of unbranched alkanes of at least 4 members (excludes halogenated alkanes) is 11. The number of allylic oxidation sites excluding steroid dienone is 2. The largest absolute Gasteiger partial charge is 1.00 e. The van der Waals surface area contributed by atoms with E-state index in [-0.39, 0.29) is 41.9 Å². The topological polar surface area (TPSA) is 97.9 Å². The van der Waals surface area contributed by atoms with Crippen LogP contribution in [0.2, 0.25) is 0 Å². The number of amides is 1. The van der Waals surface area contributed by atoms with E-state index in [0.29, 0.717) is 12.1 Å². The molecule has 0 bridgehead atoms. The molecule has 1 atom stereocenters. The van der Waals surface area contributed by atoms with Crippen molar-refractivity contribution in [2.45, 2.75) is 109 Å². The zero-order valence-electron chi connectivity index (χ0n) is 19.7. The van der Waals surface area contributed by atoms with Gasteiger partial charge in [-0.15, -0.1) is 0 Å². The second-order valence-electron chi connectivity index (χ2n) is 8.05. The maximum Gasteiger partial charge on any atom is 1.00 e. The summed E-state index contributed by atoms with van der Waals surface area (Å²) in [6.07, 6.45) is 23.8. The summed E-state index contributed by atoms with van der Waals surface area (Å²) >= 11 is 0. The molecule has 1 aromatic heterocycles. The Morgan fingerprint density at radius 1 is 1.00 bits per heavy atom. The molecule has 0 spiro atoms. The molecule has 2 N–H and O–H groups in total. The second-order valence-corrected chi connectivity index (χ2v) is 8.05. The van der Waals surface area contributed by atoms with Crippen LogP contribution in [-0.4, -0.2) is 27.9 Å². The molecule has 0 radical (unpaired) electrons. The summed E-state index contributed by atoms with van der Waals surface area (Å²) in [5.41, 5.74) is 0.658. The van der Waals surface area contributed by atoms with Gasteiger partial charge in [-0.05, 0) is 32.1 Å². The van der Waals surface area contributed by atoms with Crippen molar-refractivity contribution in [1.82, 2.24) is 15.3 Å². The summed E-state index contributed by atoms with van der Waals surface area (Å²) < 4.78 is 0. The van der Waals surface area contributed by atoms with Crippen molar-refractivity contribution >= 4 is 11.9 Å². The zero-order chi connectivity index (χ0) is 21.9. The van der Waals surface area contributed by atoms with Gasteiger partial charge in [0.2, 0.25) is 5.91 Å². The van der Waals surface area contributed by atoms with Crippen LogP contribution in [0.5, 0.6) is 0 Å². The van der Waals surface area contributed by atoms with Crippen molar-refractivity contribution in [3.63, 3.8) is 0 Å². The van der Waals surface area contributed by atoms with E-state index in [9.17, 15) is 14.7 Å². The van der Waals surface area contributed by atoms with Gasteiger partial charge < -0.3 is 20.2 Å². The minimum Gasteiger partial charge on any atom is -0.548 e. The summed E-state index contributed by atoms with van der Waals surface area (Å²) in [7, 11) is 0. The van der Waals surface area contributed by atoms with Crippen LogP contribution in [0, 0.1) is 0 Å². The minimum atomic E-state index is -1.28. The first kappa shape index (κ1) is 29.9. The number of aromatic nitrogens is 2. The molecule has 1 amide bonds. The number of carbonyl (C=O) groups excluding carboxylic acids is 2. The van der Waals surface area contributed by atoms with Crippen molar-refractivity contribution in [1.29, 1.82) is 0 Å². The van der Waals surface area contributed by atoms with Gasteiger partial charge in [-0.3, -0.25) is 4.79 Å². The maximum absolute atomic E-state index is 12.0. The fourth-order valence-electron chi connectivity index (χ4n) is 3.43. The number of carboxylic acids is 1. The van der Waals surface area contributed by atoms with Crippen LogP contribution in [0.4, 0.5) is 0 Å². The molecule has 31 heavy (non-hydrogen) atoms. The van der Waals surface area contributed by atoms with Gasteiger partial charge in [-0.25, -0.2) is 4.98 Å². The zero-order valence-corrected chi connectivity index (χ0v) is 21.7. The molecule has 0 fully saturated rings. The molecule has 0 saturated carbocycles. The smallest absolute Gasteiger partial charge is 0.548 e. The Kier molecular flexibility index (Phi) is 20.0. The van der Waals surface area contributed by atoms with Crippen LogP contribution in [0.3, 0.4) is 0 Å². The SMILES string of the molecule is CCCCCCCC/C=C\CCCCCCCC(=O)N[C@@H](Cc1cnc[nH]1)C(=O)[O-].[Na+]. The number of aromatic amines is 1. The summed E-state index contributed by atoms with van der Waals surface area (Å²) in [5, 5.41) is 13.8. The molecule has 1 rings (SSSR count). The second kappa shape index (κ2) is 20.8. The molecule has 0 aliphatic carbocycles. The number of hydrogen-bond acceptors (Lipinski definition) is 4. The van der Waals surface area contributed by atoms with E-state index < -0.39 is 12.0 Å². The van der Waals surface area contributed by atoms with Gasteiger partial charge in [-0.1, -0.05) is 70.4 Å². The summed E-state index contributed by atoms with van der Waals surface area (Å²) in [6.45, 7) is 2.25. The molecular formula is C24H40N3NaO3. The van der Waals surface area contributed by atoms with Gasteiger partial charge in [0.05, 0.1) is 18.3 Å². The Balaban J connectivity index is 0.00000900. The van der Waals surface area contributed by atoms with Crippen LogP contribution in [-0.2, 0) is 16.0 Å². The van der Waals surface area contributed by atoms with E-state index >= 15 is 0 Å². The Morgan fingerprint density at radius 3 is 2.13 bits per heavy atom. The first-order chi connectivity index (χ1) is 14.6. The molecule has 7 heteroatoms. The van der Waals surface area contributed by atoms with Gasteiger partial charge in [0.25, 0.3) is 0 Å². The minimum absolute atomic E-state index is 0. The van der Waals surface area contributed by atoms with E-state index in [0.717, 1.165) is 25.7 Å². The Bertz CT molecular complexity index is 591. The first-order valence-electron chi connectivity index (χ1n) is 11.8. The van der Waals surface area contributed by atoms with Crippen molar-refractivity contribution in [3.8, 4) is 0 Å². The van der Waals surface area contributed by atoms with Crippen LogP contribution in [0.1, 0.15) is 103 Å². The van der Waals surface area contributed by atoms with Gasteiger partial charge in [0, 0.05) is 24.7 Å². The van der Waals surface area contributed by atoms with E-state index in [1.807, 2.05) is 0 Å². The van der Waals surface area contributed by atoms with E-state index in [1.54, 1.807) is 6.20 Å². The third-order valence-corrected chi connectivity index (χ3v) is 5.26. The third-order valence-electron chi connectivity index (χ3n) is 5.26. The van der Waals surface area contributed by atoms with Crippen molar-refractivity contribution in [2.24, 2.45) is 0 Å². The van der Waals surface area contributed by atoms with E-state index in [2.05, 4.69) is 34.4 Å². The average Bonchev–Trinajstić information content (AvgIpc) is 3.23. The number of nitrogens with zero attached hydrogens (tertiary/aromatic N) is 1. The molecule has 0 unspecified atom stereocenters. The fourth-order valence-corrected chi connectivity index (χ4v) is 3.43. The predicted molar refractivity (Wildman–Crippen MR) is 119 cm³/mol. The number of nitrogens with one attached hydrogen (secondary N) is 2. The molecule has 0 aliphatic rings. The molecule has 1 heterocycles. The number of carbonyl (C=O) groups is 2. The van der Waals surface area contributed by atoms with Gasteiger partial charge in [0.15, 0.2) is 0 Å². The first-order valence-corrected chi connectivity index (χ1v) is 11.8. The monoisotopic (exact) mass is 441 g/mol. The van der Waals surface area contributed by atoms with Gasteiger partial charge in [-0.2, -0.15) is 0 Å². The standard InChI is InChI=1S/C24H41N3O3.Na/c1-2-3-4-5-6-7-8-9-10-11-12-13-14-15-16-17-23(28)27-22(24(29)30)18-21-19-25-20-26-21;/h9-10,19-20,22H,2-8,11-18H2,1H3,(H,25,26)(H,27,28)(H,29,30);/q;+1/p-1/b10-9-;/t22-;/m0./s1. The number of hydrogen-bond donors (Lipinski definition) is 2. The van der Waals surface area contributed by atoms with Crippen molar-refractivity contribution in [3.05, 3.63) is 30.4 Å². The number of rotatable bonds is 19. The molecular weight excluding hydrogens is 401 g/mol. The predicted octanol–water partition coefficient (Wildman–Crippen LogP) is 1.23. The Labute approximate surface area is 210 Å². The quantitative estimate of drug-likeness (QED) is 0.192. The van der Waals surface area contributed by atoms with Crippen LogP contribution < -0.4 is 40.0 Å². The van der Waals surface area contributed by atoms with Gasteiger partial charge in [0.1, 0.15) is 0 Å². The third kappa shape index (κ3) is 17.2. The summed E-state index contributed by atoms with van der Waals surface area (Å²) in [4.78, 5) is 29.9. The average molecular weight is 442 g/mol. The molecule has 170 valence electrons. The number of carboxylic acid groups (broad SMARTS) is 1. The number of imidazole rings is 1. The van der Waals surface area contributed by atoms with E-state index in [1.165, 1.54) is 64.1 Å². The molecule has 0 aromatic carbocycles. The number of aliphatic carboxylic acids is 1. The van der Waals surface area contributed by atoms with Crippen molar-refractivity contribution < 1.29 is 44.3 Å². The van der Waals surface area contributed by atoms with E-state index in [4.69, 9.17) is 0 Å². The molecule has 0 saturated heterocycles. The summed E-state index contributed by atoms with van der Waals surface area (Å²) in [5.74, 6) is -1.51. The fraction of sp³-hybridized carbons (Fsp3) is 0.708. The maximum atomic E-state index is 12.0. The Hall–Kier alpha value is -1.11. The van der Waals surface area contributed by atoms with Gasteiger partial charge >= 0.3 is 29.6 Å². The number of H-pyrrole nitrogens is 1. The molecule has 6 nitrogen and oxygen atoms in total.